The van der Waals surface area contributed by atoms with Crippen LogP contribution in [0.2, 0.25) is 0 Å². The van der Waals surface area contributed by atoms with Gasteiger partial charge in [0.2, 0.25) is 0 Å². The minimum Gasteiger partial charge on any atom is -0.379 e. The molecule has 8 heteroatoms. The lowest BCUT2D eigenvalue weighted by molar-refractivity contribution is 0.0389. The molecule has 0 unspecified atom stereocenters. The van der Waals surface area contributed by atoms with Gasteiger partial charge in [-0.2, -0.15) is 0 Å². The van der Waals surface area contributed by atoms with Gasteiger partial charge in [0.25, 0.3) is 0 Å². The topological polar surface area (TPSA) is 74.9 Å². The van der Waals surface area contributed by atoms with Crippen LogP contribution in [0.3, 0.4) is 0 Å². The van der Waals surface area contributed by atoms with Crippen LogP contribution in [-0.4, -0.2) is 62.5 Å². The fraction of sp³-hybridized carbons (Fsp3) is 0.733. The second kappa shape index (κ2) is 10.8. The van der Waals surface area contributed by atoms with Crippen LogP contribution in [0.15, 0.2) is 15.6 Å². The van der Waals surface area contributed by atoms with E-state index >= 15 is 0 Å². The van der Waals surface area contributed by atoms with E-state index in [1.165, 1.54) is 0 Å². The normalized spacial score (nSPS) is 16.3. The van der Waals surface area contributed by atoms with Gasteiger partial charge in [-0.3, -0.25) is 9.89 Å². The molecule has 2 N–H and O–H groups in total. The summed E-state index contributed by atoms with van der Waals surface area (Å²) in [5.41, 5.74) is 0.979. The first-order valence-electron chi connectivity index (χ1n) is 7.89. The summed E-state index contributed by atoms with van der Waals surface area (Å²) in [6.07, 6.45) is 0. The molecule has 0 bridgehead atoms. The van der Waals surface area contributed by atoms with E-state index in [0.717, 1.165) is 56.8 Å². The summed E-state index contributed by atoms with van der Waals surface area (Å²) in [5, 5.41) is 10.6. The first-order chi connectivity index (χ1) is 10.7. The van der Waals surface area contributed by atoms with Gasteiger partial charge in [0, 0.05) is 39.3 Å². The van der Waals surface area contributed by atoms with Crippen LogP contribution in [0.5, 0.6) is 0 Å². The summed E-state index contributed by atoms with van der Waals surface area (Å²) in [6.45, 7) is 10.3. The Balaban J connectivity index is 0.00000264. The molecule has 0 radical (unpaired) electrons. The van der Waals surface area contributed by atoms with E-state index in [0.29, 0.717) is 12.5 Å². The highest BCUT2D eigenvalue weighted by Crippen LogP contribution is 2.13. The molecule has 0 aromatic carbocycles. The molecule has 0 spiro atoms. The Morgan fingerprint density at radius 3 is 2.70 bits per heavy atom. The van der Waals surface area contributed by atoms with Gasteiger partial charge in [-0.15, -0.1) is 24.0 Å². The van der Waals surface area contributed by atoms with Gasteiger partial charge in [0.05, 0.1) is 25.5 Å². The monoisotopic (exact) mass is 437 g/mol. The number of aliphatic imine (C=N–C) groups is 1. The Bertz CT molecular complexity index is 472. The SMILES string of the molecule is CN=C(NCCN1CCOCC1)NCc1cc(C(C)C)no1.I. The Morgan fingerprint density at radius 2 is 2.09 bits per heavy atom. The van der Waals surface area contributed by atoms with Crippen LogP contribution < -0.4 is 10.6 Å². The number of hydrogen-bond acceptors (Lipinski definition) is 5. The smallest absolute Gasteiger partial charge is 0.191 e. The minimum absolute atomic E-state index is 0. The van der Waals surface area contributed by atoms with Crippen molar-refractivity contribution in [3.63, 3.8) is 0 Å². The standard InChI is InChI=1S/C15H27N5O2.HI/c1-12(2)14-10-13(22-19-14)11-18-15(16-3)17-4-5-20-6-8-21-9-7-20;/h10,12H,4-9,11H2,1-3H3,(H2,16,17,18);1H. The lowest BCUT2D eigenvalue weighted by atomic mass is 10.1. The summed E-state index contributed by atoms with van der Waals surface area (Å²) < 4.78 is 10.6. The molecule has 0 atom stereocenters. The summed E-state index contributed by atoms with van der Waals surface area (Å²) >= 11 is 0. The number of ether oxygens (including phenoxy) is 1. The van der Waals surface area contributed by atoms with Crippen molar-refractivity contribution in [2.24, 2.45) is 4.99 Å². The Kier molecular flexibility index (Phi) is 9.49. The third kappa shape index (κ3) is 7.05. The third-order valence-electron chi connectivity index (χ3n) is 3.65. The highest BCUT2D eigenvalue weighted by atomic mass is 127. The van der Waals surface area contributed by atoms with E-state index in [-0.39, 0.29) is 24.0 Å². The number of nitrogens with zero attached hydrogens (tertiary/aromatic N) is 3. The molecule has 1 aliphatic rings. The van der Waals surface area contributed by atoms with Crippen LogP contribution in [-0.2, 0) is 11.3 Å². The Hall–Kier alpha value is -0.870. The molecule has 1 fully saturated rings. The number of halogens is 1. The fourth-order valence-electron chi connectivity index (χ4n) is 2.23. The Labute approximate surface area is 155 Å². The van der Waals surface area contributed by atoms with E-state index in [4.69, 9.17) is 9.26 Å². The van der Waals surface area contributed by atoms with Gasteiger partial charge in [-0.1, -0.05) is 19.0 Å². The van der Waals surface area contributed by atoms with Crippen LogP contribution in [0.4, 0.5) is 0 Å². The van der Waals surface area contributed by atoms with Crippen LogP contribution in [0.1, 0.15) is 31.2 Å². The summed E-state index contributed by atoms with van der Waals surface area (Å²) in [5.74, 6) is 1.97. The molecule has 1 aliphatic heterocycles. The number of rotatable bonds is 6. The lowest BCUT2D eigenvalue weighted by Gasteiger charge is -2.26. The molecule has 1 aromatic rings. The zero-order chi connectivity index (χ0) is 15.8. The van der Waals surface area contributed by atoms with E-state index in [1.807, 2.05) is 6.07 Å². The van der Waals surface area contributed by atoms with Crippen molar-refractivity contribution in [2.45, 2.75) is 26.3 Å². The predicted octanol–water partition coefficient (Wildman–Crippen LogP) is 1.41. The highest BCUT2D eigenvalue weighted by molar-refractivity contribution is 14.0. The summed E-state index contributed by atoms with van der Waals surface area (Å²) in [4.78, 5) is 6.60. The number of hydrogen-bond donors (Lipinski definition) is 2. The largest absolute Gasteiger partial charge is 0.379 e. The zero-order valence-electron chi connectivity index (χ0n) is 14.2. The molecule has 23 heavy (non-hydrogen) atoms. The van der Waals surface area contributed by atoms with Crippen molar-refractivity contribution >= 4 is 29.9 Å². The van der Waals surface area contributed by atoms with Crippen molar-refractivity contribution in [1.82, 2.24) is 20.7 Å². The maximum absolute atomic E-state index is 5.34. The quantitative estimate of drug-likeness (QED) is 0.399. The van der Waals surface area contributed by atoms with Gasteiger partial charge in [-0.05, 0) is 5.92 Å². The minimum atomic E-state index is 0. The van der Waals surface area contributed by atoms with Gasteiger partial charge in [0.1, 0.15) is 0 Å². The maximum Gasteiger partial charge on any atom is 0.191 e. The van der Waals surface area contributed by atoms with Gasteiger partial charge in [-0.25, -0.2) is 0 Å². The van der Waals surface area contributed by atoms with Gasteiger partial charge in [0.15, 0.2) is 11.7 Å². The van der Waals surface area contributed by atoms with Gasteiger partial charge >= 0.3 is 0 Å². The van der Waals surface area contributed by atoms with Gasteiger partial charge < -0.3 is 19.9 Å². The van der Waals surface area contributed by atoms with Crippen molar-refractivity contribution in [1.29, 1.82) is 0 Å². The number of morpholine rings is 1. The maximum atomic E-state index is 5.34. The average molecular weight is 437 g/mol. The first kappa shape index (κ1) is 20.2. The lowest BCUT2D eigenvalue weighted by Crippen LogP contribution is -2.44. The highest BCUT2D eigenvalue weighted by Gasteiger charge is 2.10. The fourth-order valence-corrected chi connectivity index (χ4v) is 2.23. The molecule has 0 aliphatic carbocycles. The summed E-state index contributed by atoms with van der Waals surface area (Å²) in [6, 6.07) is 1.98. The Morgan fingerprint density at radius 1 is 1.35 bits per heavy atom. The number of guanidine groups is 1. The van der Waals surface area contributed by atoms with Crippen molar-refractivity contribution in [2.75, 3.05) is 46.4 Å². The van der Waals surface area contributed by atoms with Crippen LogP contribution >= 0.6 is 24.0 Å². The van der Waals surface area contributed by atoms with E-state index in [9.17, 15) is 0 Å². The second-order valence-corrected chi connectivity index (χ2v) is 5.68. The zero-order valence-corrected chi connectivity index (χ0v) is 16.5. The van der Waals surface area contributed by atoms with Crippen LogP contribution in [0, 0.1) is 0 Å². The van der Waals surface area contributed by atoms with Crippen LogP contribution in [0.25, 0.3) is 0 Å². The van der Waals surface area contributed by atoms with Crippen molar-refractivity contribution < 1.29 is 9.26 Å². The molecule has 2 heterocycles. The third-order valence-corrected chi connectivity index (χ3v) is 3.65. The van der Waals surface area contributed by atoms with E-state index in [2.05, 4.69) is 39.5 Å². The number of aromatic nitrogens is 1. The molecule has 1 saturated heterocycles. The molecule has 1 aromatic heterocycles. The average Bonchev–Trinajstić information content (AvgIpc) is 3.01. The number of nitrogens with one attached hydrogen (secondary N) is 2. The molecular formula is C15H28IN5O2. The molecular weight excluding hydrogens is 409 g/mol. The molecule has 2 rings (SSSR count). The summed E-state index contributed by atoms with van der Waals surface area (Å²) in [7, 11) is 1.77. The van der Waals surface area contributed by atoms with E-state index < -0.39 is 0 Å². The van der Waals surface area contributed by atoms with E-state index in [1.54, 1.807) is 7.05 Å². The second-order valence-electron chi connectivity index (χ2n) is 5.68. The molecule has 7 nitrogen and oxygen atoms in total. The molecule has 132 valence electrons. The predicted molar refractivity (Wildman–Crippen MR) is 101 cm³/mol. The first-order valence-corrected chi connectivity index (χ1v) is 7.89. The van der Waals surface area contributed by atoms with Crippen molar-refractivity contribution in [3.8, 4) is 0 Å². The molecule has 0 amide bonds. The van der Waals surface area contributed by atoms with Crippen molar-refractivity contribution in [3.05, 3.63) is 17.5 Å². The molecule has 0 saturated carbocycles.